The van der Waals surface area contributed by atoms with Gasteiger partial charge in [0.15, 0.2) is 0 Å². The Kier molecular flexibility index (Phi) is 5.82. The molecule has 2 N–H and O–H groups in total. The van der Waals surface area contributed by atoms with E-state index in [4.69, 9.17) is 16.3 Å². The van der Waals surface area contributed by atoms with Gasteiger partial charge in [0.25, 0.3) is 0 Å². The first-order valence-corrected chi connectivity index (χ1v) is 8.88. The first-order valence-electron chi connectivity index (χ1n) is 7.02. The van der Waals surface area contributed by atoms with E-state index in [0.717, 1.165) is 5.56 Å². The third-order valence-electron chi connectivity index (χ3n) is 3.26. The van der Waals surface area contributed by atoms with E-state index in [-0.39, 0.29) is 15.7 Å². The summed E-state index contributed by atoms with van der Waals surface area (Å²) in [6.07, 6.45) is 0. The lowest BCUT2D eigenvalue weighted by Crippen LogP contribution is -2.33. The van der Waals surface area contributed by atoms with Crippen LogP contribution in [0.15, 0.2) is 47.4 Å². The van der Waals surface area contributed by atoms with E-state index in [1.807, 2.05) is 19.1 Å². The van der Waals surface area contributed by atoms with Crippen LogP contribution in [-0.4, -0.2) is 28.0 Å². The number of para-hydroxylation sites is 1. The van der Waals surface area contributed by atoms with Crippen LogP contribution in [0.1, 0.15) is 5.56 Å². The summed E-state index contributed by atoms with van der Waals surface area (Å²) in [6.45, 7) is 1.43. The van der Waals surface area contributed by atoms with Gasteiger partial charge in [-0.2, -0.15) is 0 Å². The fourth-order valence-electron chi connectivity index (χ4n) is 2.01. The first-order chi connectivity index (χ1) is 11.3. The van der Waals surface area contributed by atoms with Crippen LogP contribution in [0.5, 0.6) is 5.75 Å². The number of nitrogens with one attached hydrogen (secondary N) is 2. The van der Waals surface area contributed by atoms with E-state index in [2.05, 4.69) is 10.0 Å². The number of ether oxygens (including phenoxy) is 1. The first kappa shape index (κ1) is 18.3. The number of hydrogen-bond donors (Lipinski definition) is 2. The Morgan fingerprint density at radius 2 is 1.92 bits per heavy atom. The van der Waals surface area contributed by atoms with Gasteiger partial charge in [-0.1, -0.05) is 29.8 Å². The van der Waals surface area contributed by atoms with Crippen LogP contribution in [0.25, 0.3) is 0 Å². The van der Waals surface area contributed by atoms with Gasteiger partial charge in [0.1, 0.15) is 10.6 Å². The summed E-state index contributed by atoms with van der Waals surface area (Å²) in [5, 5.41) is 2.90. The Morgan fingerprint density at radius 3 is 2.58 bits per heavy atom. The fourth-order valence-corrected chi connectivity index (χ4v) is 3.42. The van der Waals surface area contributed by atoms with Crippen LogP contribution >= 0.6 is 11.6 Å². The van der Waals surface area contributed by atoms with Crippen LogP contribution in [0.3, 0.4) is 0 Å². The zero-order valence-electron chi connectivity index (χ0n) is 13.2. The topological polar surface area (TPSA) is 84.5 Å². The average Bonchev–Trinajstić information content (AvgIpc) is 2.55. The quantitative estimate of drug-likeness (QED) is 0.820. The second-order valence-corrected chi connectivity index (χ2v) is 7.15. The number of carbonyl (C=O) groups is 1. The Balaban J connectivity index is 2.09. The number of rotatable bonds is 6. The van der Waals surface area contributed by atoms with Crippen LogP contribution in [0.2, 0.25) is 5.02 Å². The molecular weight excluding hydrogens is 352 g/mol. The van der Waals surface area contributed by atoms with E-state index in [9.17, 15) is 13.2 Å². The number of hydrogen-bond acceptors (Lipinski definition) is 4. The van der Waals surface area contributed by atoms with Crippen LogP contribution in [0.4, 0.5) is 5.69 Å². The van der Waals surface area contributed by atoms with Gasteiger partial charge < -0.3 is 10.1 Å². The van der Waals surface area contributed by atoms with Gasteiger partial charge in [0.05, 0.1) is 13.7 Å². The summed E-state index contributed by atoms with van der Waals surface area (Å²) in [4.78, 5) is 11.8. The molecule has 128 valence electrons. The summed E-state index contributed by atoms with van der Waals surface area (Å²) >= 11 is 5.84. The molecule has 2 rings (SSSR count). The molecule has 0 heterocycles. The SMILES string of the molecule is COc1ccc(Cl)cc1S(=O)(=O)NCC(=O)Nc1ccccc1C. The van der Waals surface area contributed by atoms with Crippen molar-refractivity contribution in [3.8, 4) is 5.75 Å². The van der Waals surface area contributed by atoms with Gasteiger partial charge in [-0.15, -0.1) is 0 Å². The van der Waals surface area contributed by atoms with Crippen molar-refractivity contribution in [2.75, 3.05) is 19.0 Å². The maximum absolute atomic E-state index is 12.4. The highest BCUT2D eigenvalue weighted by atomic mass is 35.5. The Morgan fingerprint density at radius 1 is 1.21 bits per heavy atom. The number of benzene rings is 2. The molecule has 24 heavy (non-hydrogen) atoms. The van der Waals surface area contributed by atoms with Crippen LogP contribution in [0, 0.1) is 6.92 Å². The van der Waals surface area contributed by atoms with Crippen LogP contribution in [-0.2, 0) is 14.8 Å². The molecule has 0 aromatic heterocycles. The largest absolute Gasteiger partial charge is 0.495 e. The molecule has 0 aliphatic heterocycles. The molecule has 0 radical (unpaired) electrons. The molecule has 6 nitrogen and oxygen atoms in total. The lowest BCUT2D eigenvalue weighted by molar-refractivity contribution is -0.115. The van der Waals surface area contributed by atoms with E-state index in [1.165, 1.54) is 25.3 Å². The number of sulfonamides is 1. The van der Waals surface area contributed by atoms with Crippen molar-refractivity contribution in [2.24, 2.45) is 0 Å². The molecule has 0 aliphatic rings. The van der Waals surface area contributed by atoms with Gasteiger partial charge >= 0.3 is 0 Å². The molecule has 0 atom stereocenters. The highest BCUT2D eigenvalue weighted by molar-refractivity contribution is 7.89. The average molecular weight is 369 g/mol. The molecule has 0 bridgehead atoms. The molecule has 2 aromatic rings. The third-order valence-corrected chi connectivity index (χ3v) is 4.91. The summed E-state index contributed by atoms with van der Waals surface area (Å²) in [6, 6.07) is 11.4. The van der Waals surface area contributed by atoms with Crippen molar-refractivity contribution in [2.45, 2.75) is 11.8 Å². The normalized spacial score (nSPS) is 11.1. The molecule has 0 spiro atoms. The number of carbonyl (C=O) groups excluding carboxylic acids is 1. The van der Waals surface area contributed by atoms with E-state index >= 15 is 0 Å². The van der Waals surface area contributed by atoms with Crippen molar-refractivity contribution in [1.29, 1.82) is 0 Å². The Bertz CT molecular complexity index is 853. The summed E-state index contributed by atoms with van der Waals surface area (Å²) < 4.78 is 32.0. The summed E-state index contributed by atoms with van der Waals surface area (Å²) in [5.74, 6) is -0.333. The fraction of sp³-hybridized carbons (Fsp3) is 0.188. The minimum Gasteiger partial charge on any atom is -0.495 e. The molecule has 0 saturated carbocycles. The Hall–Kier alpha value is -2.09. The number of methoxy groups -OCH3 is 1. The standard InChI is InChI=1S/C16H17ClN2O4S/c1-11-5-3-4-6-13(11)19-16(20)10-18-24(21,22)15-9-12(17)7-8-14(15)23-2/h3-9,18H,10H2,1-2H3,(H,19,20). The molecule has 0 aliphatic carbocycles. The molecule has 0 saturated heterocycles. The van der Waals surface area contributed by atoms with E-state index < -0.39 is 22.5 Å². The number of halogens is 1. The lowest BCUT2D eigenvalue weighted by atomic mass is 10.2. The second-order valence-electron chi connectivity index (χ2n) is 4.98. The maximum atomic E-state index is 12.4. The predicted octanol–water partition coefficient (Wildman–Crippen LogP) is 2.57. The third kappa shape index (κ3) is 4.47. The van der Waals surface area contributed by atoms with Crippen molar-refractivity contribution in [1.82, 2.24) is 4.72 Å². The molecule has 8 heteroatoms. The van der Waals surface area contributed by atoms with Gasteiger partial charge in [-0.3, -0.25) is 4.79 Å². The smallest absolute Gasteiger partial charge is 0.244 e. The molecule has 1 amide bonds. The number of amides is 1. The minimum atomic E-state index is -3.94. The number of anilines is 1. The lowest BCUT2D eigenvalue weighted by Gasteiger charge is -2.12. The zero-order valence-corrected chi connectivity index (χ0v) is 14.7. The van der Waals surface area contributed by atoms with Crippen molar-refractivity contribution >= 4 is 33.2 Å². The maximum Gasteiger partial charge on any atom is 0.244 e. The van der Waals surface area contributed by atoms with Gasteiger partial charge in [0, 0.05) is 10.7 Å². The summed E-state index contributed by atoms with van der Waals surface area (Å²) in [5.41, 5.74) is 1.51. The van der Waals surface area contributed by atoms with Gasteiger partial charge in [-0.05, 0) is 36.8 Å². The highest BCUT2D eigenvalue weighted by Crippen LogP contribution is 2.26. The van der Waals surface area contributed by atoms with Gasteiger partial charge in [-0.25, -0.2) is 13.1 Å². The zero-order chi connectivity index (χ0) is 17.7. The molecule has 2 aromatic carbocycles. The predicted molar refractivity (Wildman–Crippen MR) is 93.0 cm³/mol. The molecule has 0 fully saturated rings. The summed E-state index contributed by atoms with van der Waals surface area (Å²) in [7, 11) is -2.59. The number of aryl methyl sites for hydroxylation is 1. The van der Waals surface area contributed by atoms with E-state index in [1.54, 1.807) is 12.1 Å². The minimum absolute atomic E-state index is 0.124. The second kappa shape index (κ2) is 7.65. The van der Waals surface area contributed by atoms with E-state index in [0.29, 0.717) is 5.69 Å². The molecule has 0 unspecified atom stereocenters. The molecular formula is C16H17ClN2O4S. The highest BCUT2D eigenvalue weighted by Gasteiger charge is 2.21. The van der Waals surface area contributed by atoms with Crippen molar-refractivity contribution < 1.29 is 17.9 Å². The Labute approximate surface area is 145 Å². The van der Waals surface area contributed by atoms with Crippen molar-refractivity contribution in [3.63, 3.8) is 0 Å². The van der Waals surface area contributed by atoms with Gasteiger partial charge in [0.2, 0.25) is 15.9 Å². The van der Waals surface area contributed by atoms with Crippen LogP contribution < -0.4 is 14.8 Å². The van der Waals surface area contributed by atoms with Crippen molar-refractivity contribution in [3.05, 3.63) is 53.1 Å². The monoisotopic (exact) mass is 368 g/mol.